The molecule has 3 heteroatoms. The molecule has 2 aromatic rings. The summed E-state index contributed by atoms with van der Waals surface area (Å²) < 4.78 is 0. The lowest BCUT2D eigenvalue weighted by Gasteiger charge is -2.27. The van der Waals surface area contributed by atoms with Gasteiger partial charge in [0.15, 0.2) is 0 Å². The number of rotatable bonds is 6. The fourth-order valence-electron chi connectivity index (χ4n) is 2.52. The van der Waals surface area contributed by atoms with Gasteiger partial charge in [0.2, 0.25) is 0 Å². The van der Waals surface area contributed by atoms with Gasteiger partial charge in [0.05, 0.1) is 0 Å². The molecule has 2 atom stereocenters. The third kappa shape index (κ3) is 4.57. The first kappa shape index (κ1) is 16.0. The van der Waals surface area contributed by atoms with Gasteiger partial charge < -0.3 is 10.2 Å². The van der Waals surface area contributed by atoms with Crippen LogP contribution in [-0.4, -0.2) is 25.5 Å². The van der Waals surface area contributed by atoms with Crippen LogP contribution in [0.5, 0.6) is 0 Å². The SMILES string of the molecule is CC(NC(CN(C)C)c1ccccc1)c1ccccc1Cl. The van der Waals surface area contributed by atoms with Gasteiger partial charge in [-0.3, -0.25) is 0 Å². The molecule has 2 aromatic carbocycles. The summed E-state index contributed by atoms with van der Waals surface area (Å²) in [6, 6.07) is 19.0. The molecule has 0 aromatic heterocycles. The minimum atomic E-state index is 0.198. The molecule has 0 spiro atoms. The summed E-state index contributed by atoms with van der Waals surface area (Å²) in [5.74, 6) is 0. The van der Waals surface area contributed by atoms with E-state index >= 15 is 0 Å². The van der Waals surface area contributed by atoms with E-state index in [1.165, 1.54) is 5.56 Å². The Morgan fingerprint density at radius 2 is 1.62 bits per heavy atom. The van der Waals surface area contributed by atoms with E-state index in [4.69, 9.17) is 11.6 Å². The van der Waals surface area contributed by atoms with E-state index in [2.05, 4.69) is 61.6 Å². The Morgan fingerprint density at radius 3 is 2.24 bits per heavy atom. The molecule has 0 amide bonds. The normalized spacial score (nSPS) is 14.1. The van der Waals surface area contributed by atoms with Gasteiger partial charge in [-0.1, -0.05) is 60.1 Å². The van der Waals surface area contributed by atoms with Gasteiger partial charge in [0, 0.05) is 23.7 Å². The molecular weight excluding hydrogens is 280 g/mol. The lowest BCUT2D eigenvalue weighted by Crippen LogP contribution is -2.33. The summed E-state index contributed by atoms with van der Waals surface area (Å²) in [5, 5.41) is 4.51. The highest BCUT2D eigenvalue weighted by molar-refractivity contribution is 6.31. The highest BCUT2D eigenvalue weighted by Crippen LogP contribution is 2.25. The number of hydrogen-bond donors (Lipinski definition) is 1. The number of nitrogens with zero attached hydrogens (tertiary/aromatic N) is 1. The van der Waals surface area contributed by atoms with Gasteiger partial charge in [0.1, 0.15) is 0 Å². The van der Waals surface area contributed by atoms with Crippen molar-refractivity contribution in [3.63, 3.8) is 0 Å². The molecule has 1 N–H and O–H groups in total. The lowest BCUT2D eigenvalue weighted by atomic mass is 10.0. The van der Waals surface area contributed by atoms with E-state index < -0.39 is 0 Å². The first-order valence-electron chi connectivity index (χ1n) is 7.28. The van der Waals surface area contributed by atoms with Crippen LogP contribution < -0.4 is 5.32 Å². The number of nitrogens with one attached hydrogen (secondary N) is 1. The largest absolute Gasteiger partial charge is 0.308 e. The molecule has 0 aliphatic carbocycles. The molecular formula is C18H23ClN2. The third-order valence-electron chi connectivity index (χ3n) is 3.57. The van der Waals surface area contributed by atoms with Crippen molar-refractivity contribution >= 4 is 11.6 Å². The van der Waals surface area contributed by atoms with Crippen LogP contribution >= 0.6 is 11.6 Å². The van der Waals surface area contributed by atoms with Gasteiger partial charge in [0.25, 0.3) is 0 Å². The molecule has 0 fully saturated rings. The van der Waals surface area contributed by atoms with Crippen LogP contribution in [0.25, 0.3) is 0 Å². The average molecular weight is 303 g/mol. The van der Waals surface area contributed by atoms with Crippen molar-refractivity contribution in [3.8, 4) is 0 Å². The second-order valence-electron chi connectivity index (χ2n) is 5.64. The molecule has 0 radical (unpaired) electrons. The molecule has 0 saturated carbocycles. The van der Waals surface area contributed by atoms with Crippen LogP contribution in [0.1, 0.15) is 30.1 Å². The van der Waals surface area contributed by atoms with Crippen LogP contribution in [0.4, 0.5) is 0 Å². The highest BCUT2D eigenvalue weighted by atomic mass is 35.5. The fraction of sp³-hybridized carbons (Fsp3) is 0.333. The smallest absolute Gasteiger partial charge is 0.0453 e. The predicted octanol–water partition coefficient (Wildman–Crippen LogP) is 4.29. The molecule has 2 nitrogen and oxygen atoms in total. The van der Waals surface area contributed by atoms with Crippen LogP contribution in [0, 0.1) is 0 Å². The molecule has 0 heterocycles. The van der Waals surface area contributed by atoms with Gasteiger partial charge in [-0.2, -0.15) is 0 Å². The summed E-state index contributed by atoms with van der Waals surface area (Å²) in [6.45, 7) is 3.10. The molecule has 21 heavy (non-hydrogen) atoms. The number of hydrogen-bond acceptors (Lipinski definition) is 2. The third-order valence-corrected chi connectivity index (χ3v) is 3.92. The van der Waals surface area contributed by atoms with Crippen LogP contribution in [0.3, 0.4) is 0 Å². The van der Waals surface area contributed by atoms with Crippen LogP contribution in [-0.2, 0) is 0 Å². The van der Waals surface area contributed by atoms with Crippen molar-refractivity contribution in [1.82, 2.24) is 10.2 Å². The van der Waals surface area contributed by atoms with Crippen molar-refractivity contribution < 1.29 is 0 Å². The zero-order valence-electron chi connectivity index (χ0n) is 12.9. The second-order valence-corrected chi connectivity index (χ2v) is 6.04. The Balaban J connectivity index is 2.17. The van der Waals surface area contributed by atoms with Gasteiger partial charge in [-0.15, -0.1) is 0 Å². The molecule has 2 rings (SSSR count). The maximum absolute atomic E-state index is 6.30. The Bertz CT molecular complexity index is 554. The zero-order chi connectivity index (χ0) is 15.2. The first-order valence-corrected chi connectivity index (χ1v) is 7.66. The maximum Gasteiger partial charge on any atom is 0.0453 e. The zero-order valence-corrected chi connectivity index (χ0v) is 13.6. The summed E-state index contributed by atoms with van der Waals surface area (Å²) >= 11 is 6.30. The first-order chi connectivity index (χ1) is 10.1. The Hall–Kier alpha value is -1.35. The molecule has 0 bridgehead atoms. The summed E-state index contributed by atoms with van der Waals surface area (Å²) in [7, 11) is 4.19. The molecule has 0 aliphatic heterocycles. The van der Waals surface area contributed by atoms with E-state index in [1.807, 2.05) is 24.3 Å². The van der Waals surface area contributed by atoms with Gasteiger partial charge in [-0.05, 0) is 38.2 Å². The number of benzene rings is 2. The van der Waals surface area contributed by atoms with Crippen molar-refractivity contribution in [2.45, 2.75) is 19.0 Å². The summed E-state index contributed by atoms with van der Waals surface area (Å²) in [4.78, 5) is 2.20. The summed E-state index contributed by atoms with van der Waals surface area (Å²) in [5.41, 5.74) is 2.43. The lowest BCUT2D eigenvalue weighted by molar-refractivity contribution is 0.325. The molecule has 0 saturated heterocycles. The van der Waals surface area contributed by atoms with Gasteiger partial charge in [-0.25, -0.2) is 0 Å². The topological polar surface area (TPSA) is 15.3 Å². The van der Waals surface area contributed by atoms with Crippen molar-refractivity contribution in [3.05, 3.63) is 70.7 Å². The van der Waals surface area contributed by atoms with Crippen molar-refractivity contribution in [2.24, 2.45) is 0 Å². The average Bonchev–Trinajstić information content (AvgIpc) is 2.47. The number of likely N-dealkylation sites (N-methyl/N-ethyl adjacent to an activating group) is 1. The second kappa shape index (κ2) is 7.60. The Kier molecular flexibility index (Phi) is 5.80. The fourth-order valence-corrected chi connectivity index (χ4v) is 2.82. The van der Waals surface area contributed by atoms with E-state index in [9.17, 15) is 0 Å². The quantitative estimate of drug-likeness (QED) is 0.856. The molecule has 2 unspecified atom stereocenters. The number of halogens is 1. The monoisotopic (exact) mass is 302 g/mol. The van der Waals surface area contributed by atoms with Crippen molar-refractivity contribution in [1.29, 1.82) is 0 Å². The summed E-state index contributed by atoms with van der Waals surface area (Å²) in [6.07, 6.45) is 0. The minimum Gasteiger partial charge on any atom is -0.308 e. The highest BCUT2D eigenvalue weighted by Gasteiger charge is 2.17. The van der Waals surface area contributed by atoms with E-state index in [0.717, 1.165) is 17.1 Å². The van der Waals surface area contributed by atoms with E-state index in [0.29, 0.717) is 0 Å². The Labute approximate surface area is 132 Å². The maximum atomic E-state index is 6.30. The van der Waals surface area contributed by atoms with Crippen LogP contribution in [0.15, 0.2) is 54.6 Å². The minimum absolute atomic E-state index is 0.198. The molecule has 112 valence electrons. The van der Waals surface area contributed by atoms with E-state index in [1.54, 1.807) is 0 Å². The van der Waals surface area contributed by atoms with Crippen LogP contribution in [0.2, 0.25) is 5.02 Å². The van der Waals surface area contributed by atoms with E-state index in [-0.39, 0.29) is 12.1 Å². The van der Waals surface area contributed by atoms with Gasteiger partial charge >= 0.3 is 0 Å². The Morgan fingerprint density at radius 1 is 1.00 bits per heavy atom. The van der Waals surface area contributed by atoms with Crippen molar-refractivity contribution in [2.75, 3.05) is 20.6 Å². The molecule has 0 aliphatic rings. The predicted molar refractivity (Wildman–Crippen MR) is 90.7 cm³/mol. The standard InChI is InChI=1S/C18H23ClN2/c1-14(16-11-7-8-12-17(16)19)20-18(13-21(2)3)15-9-5-4-6-10-15/h4-12,14,18,20H,13H2,1-3H3.